The lowest BCUT2D eigenvalue weighted by Gasteiger charge is -2.23. The molecule has 1 aromatic carbocycles. The topological polar surface area (TPSA) is 42.4 Å². The van der Waals surface area contributed by atoms with Crippen LogP contribution in [0.25, 0.3) is 0 Å². The fourth-order valence-corrected chi connectivity index (χ4v) is 4.53. The number of rotatable bonds is 4. The number of ether oxygens (including phenoxy) is 1. The molecule has 2 heterocycles. The molecule has 1 saturated heterocycles. The largest absolute Gasteiger partial charge is 0.496 e. The van der Waals surface area contributed by atoms with Gasteiger partial charge in [0.05, 0.1) is 23.9 Å². The zero-order valence-electron chi connectivity index (χ0n) is 14.1. The van der Waals surface area contributed by atoms with Crippen LogP contribution in [0.3, 0.4) is 0 Å². The van der Waals surface area contributed by atoms with Crippen molar-refractivity contribution >= 4 is 17.2 Å². The number of benzene rings is 1. The van der Waals surface area contributed by atoms with Crippen LogP contribution >= 0.6 is 11.3 Å². The fourth-order valence-electron chi connectivity index (χ4n) is 3.87. The minimum absolute atomic E-state index is 0.0987. The van der Waals surface area contributed by atoms with Crippen LogP contribution in [0.1, 0.15) is 47.5 Å². The van der Waals surface area contributed by atoms with Crippen molar-refractivity contribution in [2.24, 2.45) is 5.92 Å². The molecule has 2 aromatic rings. The first-order valence-electron chi connectivity index (χ1n) is 8.54. The second-order valence-corrected chi connectivity index (χ2v) is 7.73. The van der Waals surface area contributed by atoms with Gasteiger partial charge in [-0.2, -0.15) is 0 Å². The summed E-state index contributed by atoms with van der Waals surface area (Å²) in [7, 11) is 1.69. The van der Waals surface area contributed by atoms with Gasteiger partial charge in [-0.15, -0.1) is 11.3 Å². The molecule has 0 N–H and O–H groups in total. The molecule has 2 aliphatic rings. The van der Waals surface area contributed by atoms with Crippen molar-refractivity contribution in [3.05, 3.63) is 45.9 Å². The Balaban J connectivity index is 1.50. The molecule has 126 valence electrons. The minimum atomic E-state index is 0.0987. The summed E-state index contributed by atoms with van der Waals surface area (Å²) < 4.78 is 5.46. The maximum Gasteiger partial charge on any atom is 0.226 e. The number of aromatic nitrogens is 1. The molecule has 1 amide bonds. The predicted molar refractivity (Wildman–Crippen MR) is 94.4 cm³/mol. The number of hydrogen-bond donors (Lipinski definition) is 0. The van der Waals surface area contributed by atoms with Gasteiger partial charge in [-0.25, -0.2) is 4.98 Å². The average molecular weight is 342 g/mol. The van der Waals surface area contributed by atoms with Gasteiger partial charge in [0, 0.05) is 17.8 Å². The SMILES string of the molecule is COc1ccccc1[C@@H]1C[C@H]1C(=O)N1CCCC1c1csc(C)n1. The number of methoxy groups -OCH3 is 1. The number of amides is 1. The van der Waals surface area contributed by atoms with Crippen molar-refractivity contribution in [1.82, 2.24) is 9.88 Å². The van der Waals surface area contributed by atoms with Crippen molar-refractivity contribution in [2.45, 2.75) is 38.1 Å². The van der Waals surface area contributed by atoms with Crippen LogP contribution in [0.5, 0.6) is 5.75 Å². The van der Waals surface area contributed by atoms with Crippen LogP contribution in [-0.4, -0.2) is 29.4 Å². The van der Waals surface area contributed by atoms with E-state index in [0.717, 1.165) is 42.3 Å². The molecule has 0 radical (unpaired) electrons. The van der Waals surface area contributed by atoms with Crippen molar-refractivity contribution < 1.29 is 9.53 Å². The predicted octanol–water partition coefficient (Wildman–Crippen LogP) is 3.93. The molecular formula is C19H22N2O2S. The Bertz CT molecular complexity index is 757. The van der Waals surface area contributed by atoms with Gasteiger partial charge in [-0.05, 0) is 43.7 Å². The summed E-state index contributed by atoms with van der Waals surface area (Å²) in [6.07, 6.45) is 3.03. The number of nitrogens with zero attached hydrogens (tertiary/aromatic N) is 2. The first kappa shape index (κ1) is 15.6. The van der Waals surface area contributed by atoms with Crippen LogP contribution in [0.4, 0.5) is 0 Å². The molecule has 1 saturated carbocycles. The van der Waals surface area contributed by atoms with Crippen molar-refractivity contribution in [3.8, 4) is 5.75 Å². The third kappa shape index (κ3) is 2.71. The van der Waals surface area contributed by atoms with E-state index in [9.17, 15) is 4.79 Å². The van der Waals surface area contributed by atoms with Crippen molar-refractivity contribution in [1.29, 1.82) is 0 Å². The Morgan fingerprint density at radius 3 is 2.96 bits per heavy atom. The van der Waals surface area contributed by atoms with Gasteiger partial charge >= 0.3 is 0 Å². The van der Waals surface area contributed by atoms with Gasteiger partial charge in [0.15, 0.2) is 0 Å². The second-order valence-electron chi connectivity index (χ2n) is 6.67. The maximum absolute atomic E-state index is 13.0. The van der Waals surface area contributed by atoms with E-state index in [0.29, 0.717) is 11.8 Å². The van der Waals surface area contributed by atoms with E-state index in [4.69, 9.17) is 4.74 Å². The van der Waals surface area contributed by atoms with E-state index < -0.39 is 0 Å². The first-order valence-corrected chi connectivity index (χ1v) is 9.42. The van der Waals surface area contributed by atoms with Gasteiger partial charge in [-0.1, -0.05) is 18.2 Å². The Labute approximate surface area is 146 Å². The molecule has 0 bridgehead atoms. The van der Waals surface area contributed by atoms with Gasteiger partial charge in [0.1, 0.15) is 5.75 Å². The molecule has 24 heavy (non-hydrogen) atoms. The molecule has 1 aliphatic heterocycles. The molecule has 5 heteroatoms. The van der Waals surface area contributed by atoms with E-state index in [1.54, 1.807) is 18.4 Å². The van der Waals surface area contributed by atoms with Crippen LogP contribution < -0.4 is 4.74 Å². The summed E-state index contributed by atoms with van der Waals surface area (Å²) in [4.78, 5) is 19.7. The number of thiazole rings is 1. The molecular weight excluding hydrogens is 320 g/mol. The average Bonchev–Trinajstić information content (AvgIpc) is 3.02. The Morgan fingerprint density at radius 2 is 2.21 bits per heavy atom. The highest BCUT2D eigenvalue weighted by Crippen LogP contribution is 2.52. The summed E-state index contributed by atoms with van der Waals surface area (Å²) in [5.41, 5.74) is 2.23. The molecule has 2 fully saturated rings. The summed E-state index contributed by atoms with van der Waals surface area (Å²) in [6, 6.07) is 8.23. The monoisotopic (exact) mass is 342 g/mol. The van der Waals surface area contributed by atoms with Gasteiger partial charge < -0.3 is 9.64 Å². The fraction of sp³-hybridized carbons (Fsp3) is 0.474. The lowest BCUT2D eigenvalue weighted by atomic mass is 10.1. The highest BCUT2D eigenvalue weighted by Gasteiger charge is 2.48. The number of para-hydroxylation sites is 1. The highest BCUT2D eigenvalue weighted by atomic mass is 32.1. The smallest absolute Gasteiger partial charge is 0.226 e. The number of carbonyl (C=O) groups excluding carboxylic acids is 1. The summed E-state index contributed by atoms with van der Waals surface area (Å²) >= 11 is 1.67. The normalized spacial score (nSPS) is 25.8. The summed E-state index contributed by atoms with van der Waals surface area (Å²) in [5, 5.41) is 3.18. The highest BCUT2D eigenvalue weighted by molar-refractivity contribution is 7.09. The Morgan fingerprint density at radius 1 is 1.38 bits per heavy atom. The van der Waals surface area contributed by atoms with E-state index >= 15 is 0 Å². The standard InChI is InChI=1S/C19H22N2O2S/c1-12-20-16(11-24-12)17-7-5-9-21(17)19(22)15-10-14(15)13-6-3-4-8-18(13)23-2/h3-4,6,8,11,14-15,17H,5,7,9-10H2,1-2H3/t14-,15+,17?/m0/s1. The van der Waals surface area contributed by atoms with E-state index in [2.05, 4.69) is 21.3 Å². The molecule has 4 nitrogen and oxygen atoms in total. The molecule has 0 spiro atoms. The minimum Gasteiger partial charge on any atom is -0.496 e. The Hall–Kier alpha value is -1.88. The van der Waals surface area contributed by atoms with Crippen molar-refractivity contribution in [3.63, 3.8) is 0 Å². The number of hydrogen-bond acceptors (Lipinski definition) is 4. The number of carbonyl (C=O) groups is 1. The quantitative estimate of drug-likeness (QED) is 0.845. The van der Waals surface area contributed by atoms with Gasteiger partial charge in [-0.3, -0.25) is 4.79 Å². The zero-order valence-corrected chi connectivity index (χ0v) is 14.9. The molecule has 3 atom stereocenters. The third-order valence-corrected chi connectivity index (χ3v) is 5.95. The molecule has 4 rings (SSSR count). The van der Waals surface area contributed by atoms with Gasteiger partial charge in [0.25, 0.3) is 0 Å². The number of likely N-dealkylation sites (tertiary alicyclic amines) is 1. The zero-order chi connectivity index (χ0) is 16.7. The lowest BCUT2D eigenvalue weighted by Crippen LogP contribution is -2.32. The number of aryl methyl sites for hydroxylation is 1. The Kier molecular flexibility index (Phi) is 4.04. The van der Waals surface area contributed by atoms with E-state index in [1.807, 2.05) is 25.1 Å². The van der Waals surface area contributed by atoms with Crippen LogP contribution in [0, 0.1) is 12.8 Å². The molecule has 1 unspecified atom stereocenters. The van der Waals surface area contributed by atoms with Crippen LogP contribution in [-0.2, 0) is 4.79 Å². The molecule has 1 aromatic heterocycles. The van der Waals surface area contributed by atoms with Gasteiger partial charge in [0.2, 0.25) is 5.91 Å². The van der Waals surface area contributed by atoms with E-state index in [-0.39, 0.29) is 12.0 Å². The summed E-state index contributed by atoms with van der Waals surface area (Å²) in [6.45, 7) is 2.88. The second kappa shape index (κ2) is 6.20. The maximum atomic E-state index is 13.0. The first-order chi connectivity index (χ1) is 11.7. The van der Waals surface area contributed by atoms with Crippen LogP contribution in [0.15, 0.2) is 29.6 Å². The van der Waals surface area contributed by atoms with E-state index in [1.165, 1.54) is 5.56 Å². The van der Waals surface area contributed by atoms with Crippen molar-refractivity contribution in [2.75, 3.05) is 13.7 Å². The summed E-state index contributed by atoms with van der Waals surface area (Å²) in [5.74, 6) is 1.58. The molecule has 1 aliphatic carbocycles. The third-order valence-electron chi connectivity index (χ3n) is 5.16. The lowest BCUT2D eigenvalue weighted by molar-refractivity contribution is -0.133. The van der Waals surface area contributed by atoms with Crippen LogP contribution in [0.2, 0.25) is 0 Å².